The summed E-state index contributed by atoms with van der Waals surface area (Å²) in [4.78, 5) is 0. The molecule has 94 valence electrons. The quantitative estimate of drug-likeness (QED) is 0.846. The molecule has 1 aromatic rings. The van der Waals surface area contributed by atoms with E-state index in [2.05, 4.69) is 45.5 Å². The fraction of sp³-hybridized carbons (Fsp3) is 0.571. The number of rotatable bonds is 6. The van der Waals surface area contributed by atoms with Gasteiger partial charge in [0.25, 0.3) is 0 Å². The van der Waals surface area contributed by atoms with E-state index in [1.54, 1.807) is 0 Å². The van der Waals surface area contributed by atoms with Crippen molar-refractivity contribution in [2.45, 2.75) is 31.7 Å². The molecule has 0 aliphatic heterocycles. The smallest absolute Gasteiger partial charge is 0.0444 e. The van der Waals surface area contributed by atoms with Gasteiger partial charge in [0.1, 0.15) is 0 Å². The van der Waals surface area contributed by atoms with E-state index >= 15 is 0 Å². The number of benzene rings is 1. The summed E-state index contributed by atoms with van der Waals surface area (Å²) in [6.07, 6.45) is 5.57. The van der Waals surface area contributed by atoms with Gasteiger partial charge in [-0.1, -0.05) is 47.3 Å². The highest BCUT2D eigenvalue weighted by atomic mass is 79.9. The number of halogens is 1. The Morgan fingerprint density at radius 1 is 1.29 bits per heavy atom. The summed E-state index contributed by atoms with van der Waals surface area (Å²) in [5.74, 6) is 0.964. The second-order valence-corrected chi connectivity index (χ2v) is 5.80. The molecule has 0 amide bonds. The maximum atomic E-state index is 5.83. The lowest BCUT2D eigenvalue weighted by Crippen LogP contribution is -2.30. The van der Waals surface area contributed by atoms with Gasteiger partial charge in [0.15, 0.2) is 0 Å². The molecular weight excluding hydrogens is 276 g/mol. The molecule has 0 heterocycles. The van der Waals surface area contributed by atoms with Gasteiger partial charge in [0, 0.05) is 17.1 Å². The first kappa shape index (κ1) is 13.1. The minimum Gasteiger partial charge on any atom is -0.329 e. The largest absolute Gasteiger partial charge is 0.329 e. The Morgan fingerprint density at radius 2 is 2.00 bits per heavy atom. The highest BCUT2D eigenvalue weighted by Gasteiger charge is 2.17. The van der Waals surface area contributed by atoms with Gasteiger partial charge in [-0.3, -0.25) is 0 Å². The molecule has 1 fully saturated rings. The number of nitrogens with one attached hydrogen (secondary N) is 1. The van der Waals surface area contributed by atoms with E-state index in [-0.39, 0.29) is 0 Å². The van der Waals surface area contributed by atoms with Crippen LogP contribution in [0.5, 0.6) is 0 Å². The van der Waals surface area contributed by atoms with Crippen LogP contribution in [0.15, 0.2) is 28.7 Å². The zero-order chi connectivity index (χ0) is 12.1. The molecule has 0 aromatic heterocycles. The van der Waals surface area contributed by atoms with Crippen LogP contribution in [0.25, 0.3) is 0 Å². The molecule has 1 aliphatic carbocycles. The van der Waals surface area contributed by atoms with Crippen molar-refractivity contribution in [3.05, 3.63) is 34.3 Å². The zero-order valence-corrected chi connectivity index (χ0v) is 11.7. The third kappa shape index (κ3) is 3.80. The Balaban J connectivity index is 1.80. The summed E-state index contributed by atoms with van der Waals surface area (Å²) < 4.78 is 1.12. The van der Waals surface area contributed by atoms with Gasteiger partial charge in [-0.05, 0) is 36.6 Å². The normalized spacial score (nSPS) is 17.8. The summed E-state index contributed by atoms with van der Waals surface area (Å²) in [7, 11) is 0. The molecule has 2 rings (SSSR count). The van der Waals surface area contributed by atoms with Crippen molar-refractivity contribution in [3.8, 4) is 0 Å². The lowest BCUT2D eigenvalue weighted by Gasteiger charge is -2.26. The number of hydrogen-bond acceptors (Lipinski definition) is 2. The van der Waals surface area contributed by atoms with Crippen LogP contribution >= 0.6 is 15.9 Å². The molecule has 17 heavy (non-hydrogen) atoms. The van der Waals surface area contributed by atoms with Gasteiger partial charge in [0.05, 0.1) is 0 Å². The summed E-state index contributed by atoms with van der Waals surface area (Å²) in [6.45, 7) is 1.74. The van der Waals surface area contributed by atoms with Gasteiger partial charge in [-0.15, -0.1) is 0 Å². The molecule has 1 atom stereocenters. The third-order valence-corrected chi connectivity index (χ3v) is 4.20. The van der Waals surface area contributed by atoms with Crippen LogP contribution in [-0.4, -0.2) is 13.1 Å². The van der Waals surface area contributed by atoms with Gasteiger partial charge in [-0.2, -0.15) is 0 Å². The van der Waals surface area contributed by atoms with Crippen LogP contribution in [0.4, 0.5) is 0 Å². The Kier molecular flexibility index (Phi) is 5.01. The fourth-order valence-electron chi connectivity index (χ4n) is 2.28. The van der Waals surface area contributed by atoms with E-state index in [4.69, 9.17) is 5.73 Å². The van der Waals surface area contributed by atoms with Gasteiger partial charge >= 0.3 is 0 Å². The van der Waals surface area contributed by atoms with E-state index in [1.165, 1.54) is 31.2 Å². The summed E-state index contributed by atoms with van der Waals surface area (Å²) in [5, 5.41) is 3.56. The second-order valence-electron chi connectivity index (χ2n) is 4.88. The monoisotopic (exact) mass is 296 g/mol. The predicted octanol–water partition coefficient (Wildman–Crippen LogP) is 3.23. The van der Waals surface area contributed by atoms with E-state index in [0.717, 1.165) is 16.9 Å². The van der Waals surface area contributed by atoms with E-state index in [9.17, 15) is 0 Å². The molecule has 0 radical (unpaired) electrons. The maximum absolute atomic E-state index is 5.83. The SMILES string of the molecule is NCC(NCCC1CCC1)c1ccc(Br)cc1. The molecule has 1 unspecified atom stereocenters. The molecule has 0 bridgehead atoms. The van der Waals surface area contributed by atoms with Crippen molar-refractivity contribution < 1.29 is 0 Å². The molecule has 2 nitrogen and oxygen atoms in total. The lowest BCUT2D eigenvalue weighted by atomic mass is 9.83. The average molecular weight is 297 g/mol. The Bertz CT molecular complexity index is 333. The predicted molar refractivity (Wildman–Crippen MR) is 75.9 cm³/mol. The molecule has 3 N–H and O–H groups in total. The van der Waals surface area contributed by atoms with Crippen molar-refractivity contribution in [1.82, 2.24) is 5.32 Å². The third-order valence-electron chi connectivity index (χ3n) is 3.68. The van der Waals surface area contributed by atoms with Gasteiger partial charge in [0.2, 0.25) is 0 Å². The first-order valence-electron chi connectivity index (χ1n) is 6.48. The van der Waals surface area contributed by atoms with Crippen LogP contribution < -0.4 is 11.1 Å². The van der Waals surface area contributed by atoms with Gasteiger partial charge in [-0.25, -0.2) is 0 Å². The zero-order valence-electron chi connectivity index (χ0n) is 10.2. The van der Waals surface area contributed by atoms with E-state index in [1.807, 2.05) is 0 Å². The molecule has 1 saturated carbocycles. The number of hydrogen-bond donors (Lipinski definition) is 2. The van der Waals surface area contributed by atoms with E-state index < -0.39 is 0 Å². The van der Waals surface area contributed by atoms with Gasteiger partial charge < -0.3 is 11.1 Å². The topological polar surface area (TPSA) is 38.0 Å². The first-order valence-corrected chi connectivity index (χ1v) is 7.28. The Hall–Kier alpha value is -0.380. The summed E-state index contributed by atoms with van der Waals surface area (Å²) >= 11 is 3.45. The van der Waals surface area contributed by atoms with E-state index in [0.29, 0.717) is 12.6 Å². The first-order chi connectivity index (χ1) is 8.29. The van der Waals surface area contributed by atoms with Crippen molar-refractivity contribution in [1.29, 1.82) is 0 Å². The lowest BCUT2D eigenvalue weighted by molar-refractivity contribution is 0.288. The number of nitrogens with two attached hydrogens (primary N) is 1. The molecule has 0 saturated heterocycles. The fourth-order valence-corrected chi connectivity index (χ4v) is 2.54. The summed E-state index contributed by atoms with van der Waals surface area (Å²) in [6, 6.07) is 8.72. The minimum atomic E-state index is 0.295. The Labute approximate surface area is 112 Å². The Morgan fingerprint density at radius 3 is 2.53 bits per heavy atom. The van der Waals surface area contributed by atoms with Crippen molar-refractivity contribution in [2.75, 3.05) is 13.1 Å². The second kappa shape index (κ2) is 6.53. The highest BCUT2D eigenvalue weighted by Crippen LogP contribution is 2.29. The van der Waals surface area contributed by atoms with Crippen molar-refractivity contribution in [2.24, 2.45) is 11.7 Å². The van der Waals surface area contributed by atoms with Crippen LogP contribution in [0.2, 0.25) is 0 Å². The molecule has 3 heteroatoms. The van der Waals surface area contributed by atoms with Crippen molar-refractivity contribution in [3.63, 3.8) is 0 Å². The van der Waals surface area contributed by atoms with Crippen LogP contribution in [-0.2, 0) is 0 Å². The maximum Gasteiger partial charge on any atom is 0.0444 e. The average Bonchev–Trinajstić information content (AvgIpc) is 2.29. The van der Waals surface area contributed by atoms with Crippen LogP contribution in [0, 0.1) is 5.92 Å². The molecule has 0 spiro atoms. The highest BCUT2D eigenvalue weighted by molar-refractivity contribution is 9.10. The molecule has 1 aromatic carbocycles. The standard InChI is InChI=1S/C14H21BrN2/c15-13-6-4-12(5-7-13)14(10-16)17-9-8-11-2-1-3-11/h4-7,11,14,17H,1-3,8-10,16H2. The molecular formula is C14H21BrN2. The van der Waals surface area contributed by atoms with Crippen LogP contribution in [0.3, 0.4) is 0 Å². The molecule has 1 aliphatic rings. The summed E-state index contributed by atoms with van der Waals surface area (Å²) in [5.41, 5.74) is 7.11. The minimum absolute atomic E-state index is 0.295. The van der Waals surface area contributed by atoms with Crippen molar-refractivity contribution >= 4 is 15.9 Å². The van der Waals surface area contributed by atoms with Crippen LogP contribution in [0.1, 0.15) is 37.3 Å².